The molecule has 0 unspecified atom stereocenters. The molecule has 1 aromatic carbocycles. The average Bonchev–Trinajstić information content (AvgIpc) is 3.15. The Bertz CT molecular complexity index is 641. The molecule has 1 aromatic heterocycles. The maximum Gasteiger partial charge on any atom is 0.170 e. The molecule has 98 valence electrons. The average molecular weight is 256 g/mol. The van der Waals surface area contributed by atoms with Crippen LogP contribution in [-0.2, 0) is 0 Å². The summed E-state index contributed by atoms with van der Waals surface area (Å²) in [6.45, 7) is 1.93. The van der Waals surface area contributed by atoms with Gasteiger partial charge in [-0.05, 0) is 49.6 Å². The van der Waals surface area contributed by atoms with Gasteiger partial charge in [-0.15, -0.1) is 0 Å². The van der Waals surface area contributed by atoms with Gasteiger partial charge in [-0.3, -0.25) is 0 Å². The molecule has 1 aliphatic carbocycles. The molecule has 19 heavy (non-hydrogen) atoms. The van der Waals surface area contributed by atoms with Crippen LogP contribution >= 0.6 is 0 Å². The number of aryl methyl sites for hydroxylation is 1. The minimum Gasteiger partial charge on any atom is -0.409 e. The lowest BCUT2D eigenvalue weighted by atomic mass is 10.1. The normalized spacial score (nSPS) is 15.7. The SMILES string of the molecule is Cc1cc(-n2ccc(C3CC3)n2)ccc1/C(N)=N/O. The van der Waals surface area contributed by atoms with Gasteiger partial charge in [0.05, 0.1) is 11.4 Å². The quantitative estimate of drug-likeness (QED) is 0.382. The van der Waals surface area contributed by atoms with Crippen molar-refractivity contribution >= 4 is 5.84 Å². The summed E-state index contributed by atoms with van der Waals surface area (Å²) < 4.78 is 1.87. The number of rotatable bonds is 3. The first-order valence-electron chi connectivity index (χ1n) is 6.33. The van der Waals surface area contributed by atoms with Gasteiger partial charge in [0.1, 0.15) is 0 Å². The summed E-state index contributed by atoms with van der Waals surface area (Å²) in [6.07, 6.45) is 4.47. The number of hydrogen-bond acceptors (Lipinski definition) is 3. The maximum atomic E-state index is 8.72. The van der Waals surface area contributed by atoms with Crippen molar-refractivity contribution in [2.24, 2.45) is 10.9 Å². The smallest absolute Gasteiger partial charge is 0.170 e. The fourth-order valence-corrected chi connectivity index (χ4v) is 2.21. The molecular weight excluding hydrogens is 240 g/mol. The van der Waals surface area contributed by atoms with Gasteiger partial charge >= 0.3 is 0 Å². The van der Waals surface area contributed by atoms with E-state index >= 15 is 0 Å². The molecule has 2 aromatic rings. The van der Waals surface area contributed by atoms with Crippen LogP contribution in [0.15, 0.2) is 35.6 Å². The van der Waals surface area contributed by atoms with E-state index in [4.69, 9.17) is 10.9 Å². The molecule has 5 nitrogen and oxygen atoms in total. The highest BCUT2D eigenvalue weighted by Gasteiger charge is 2.25. The molecule has 0 bridgehead atoms. The summed E-state index contributed by atoms with van der Waals surface area (Å²) in [5.74, 6) is 0.780. The zero-order valence-corrected chi connectivity index (χ0v) is 10.7. The molecule has 5 heteroatoms. The number of nitrogens with zero attached hydrogens (tertiary/aromatic N) is 3. The summed E-state index contributed by atoms with van der Waals surface area (Å²) in [7, 11) is 0. The van der Waals surface area contributed by atoms with Crippen molar-refractivity contribution in [1.29, 1.82) is 0 Å². The van der Waals surface area contributed by atoms with Crippen LogP contribution in [0.4, 0.5) is 0 Å². The van der Waals surface area contributed by atoms with Gasteiger partial charge in [-0.2, -0.15) is 5.10 Å². The molecule has 1 heterocycles. The first kappa shape index (κ1) is 11.8. The highest BCUT2D eigenvalue weighted by atomic mass is 16.4. The summed E-state index contributed by atoms with van der Waals surface area (Å²) in [4.78, 5) is 0. The lowest BCUT2D eigenvalue weighted by Crippen LogP contribution is -2.14. The van der Waals surface area contributed by atoms with E-state index in [1.807, 2.05) is 36.0 Å². The molecule has 0 amide bonds. The van der Waals surface area contributed by atoms with Crippen LogP contribution in [0.3, 0.4) is 0 Å². The third-order valence-electron chi connectivity index (χ3n) is 3.46. The molecule has 1 saturated carbocycles. The second-order valence-electron chi connectivity index (χ2n) is 4.94. The van der Waals surface area contributed by atoms with E-state index in [0.717, 1.165) is 22.5 Å². The van der Waals surface area contributed by atoms with Gasteiger partial charge in [-0.1, -0.05) is 5.16 Å². The standard InChI is InChI=1S/C14H16N4O/c1-9-8-11(4-5-12(9)14(15)17-19)18-7-6-13(16-18)10-2-3-10/h4-8,10,19H,2-3H2,1H3,(H2,15,17). The van der Waals surface area contributed by atoms with E-state index in [0.29, 0.717) is 5.92 Å². The number of hydrogen-bond donors (Lipinski definition) is 2. The van der Waals surface area contributed by atoms with E-state index in [2.05, 4.69) is 16.3 Å². The fraction of sp³-hybridized carbons (Fsp3) is 0.286. The van der Waals surface area contributed by atoms with Crippen molar-refractivity contribution in [2.45, 2.75) is 25.7 Å². The van der Waals surface area contributed by atoms with Crippen LogP contribution in [0.2, 0.25) is 0 Å². The number of benzene rings is 1. The van der Waals surface area contributed by atoms with Crippen LogP contribution in [0.1, 0.15) is 35.6 Å². The molecular formula is C14H16N4O. The van der Waals surface area contributed by atoms with Crippen molar-refractivity contribution < 1.29 is 5.21 Å². The van der Waals surface area contributed by atoms with Crippen molar-refractivity contribution in [3.8, 4) is 5.69 Å². The Morgan fingerprint density at radius 1 is 1.42 bits per heavy atom. The predicted molar refractivity (Wildman–Crippen MR) is 72.8 cm³/mol. The second-order valence-corrected chi connectivity index (χ2v) is 4.94. The van der Waals surface area contributed by atoms with Gasteiger partial charge in [0.25, 0.3) is 0 Å². The van der Waals surface area contributed by atoms with E-state index in [1.54, 1.807) is 0 Å². The van der Waals surface area contributed by atoms with Crippen molar-refractivity contribution in [1.82, 2.24) is 9.78 Å². The Kier molecular flexibility index (Phi) is 2.74. The molecule has 3 N–H and O–H groups in total. The van der Waals surface area contributed by atoms with Crippen LogP contribution in [-0.4, -0.2) is 20.8 Å². The third-order valence-corrected chi connectivity index (χ3v) is 3.46. The largest absolute Gasteiger partial charge is 0.409 e. The molecule has 0 atom stereocenters. The van der Waals surface area contributed by atoms with Gasteiger partial charge in [0.15, 0.2) is 5.84 Å². The molecule has 1 fully saturated rings. The Morgan fingerprint density at radius 3 is 2.84 bits per heavy atom. The zero-order valence-electron chi connectivity index (χ0n) is 10.7. The first-order valence-corrected chi connectivity index (χ1v) is 6.33. The summed E-state index contributed by atoms with van der Waals surface area (Å²) in [5, 5.41) is 16.3. The fourth-order valence-electron chi connectivity index (χ4n) is 2.21. The summed E-state index contributed by atoms with van der Waals surface area (Å²) in [6, 6.07) is 7.82. The van der Waals surface area contributed by atoms with Gasteiger partial charge in [0.2, 0.25) is 0 Å². The van der Waals surface area contributed by atoms with Crippen molar-refractivity contribution in [3.05, 3.63) is 47.3 Å². The van der Waals surface area contributed by atoms with Gasteiger partial charge in [0, 0.05) is 17.7 Å². The minimum absolute atomic E-state index is 0.128. The van der Waals surface area contributed by atoms with Crippen molar-refractivity contribution in [3.63, 3.8) is 0 Å². The number of nitrogens with two attached hydrogens (primary N) is 1. The number of oxime groups is 1. The molecule has 3 rings (SSSR count). The molecule has 0 radical (unpaired) electrons. The maximum absolute atomic E-state index is 8.72. The summed E-state index contributed by atoms with van der Waals surface area (Å²) >= 11 is 0. The third kappa shape index (κ3) is 2.19. The Labute approximate surface area is 111 Å². The van der Waals surface area contributed by atoms with Gasteiger partial charge < -0.3 is 10.9 Å². The van der Waals surface area contributed by atoms with E-state index in [-0.39, 0.29) is 5.84 Å². The summed E-state index contributed by atoms with van der Waals surface area (Å²) in [5.41, 5.74) is 9.46. The molecule has 0 spiro atoms. The van der Waals surface area contributed by atoms with E-state index in [9.17, 15) is 0 Å². The Morgan fingerprint density at radius 2 is 2.21 bits per heavy atom. The highest BCUT2D eigenvalue weighted by molar-refractivity contribution is 5.98. The lowest BCUT2D eigenvalue weighted by Gasteiger charge is -2.07. The highest BCUT2D eigenvalue weighted by Crippen LogP contribution is 2.39. The molecule has 1 aliphatic rings. The number of aromatic nitrogens is 2. The van der Waals surface area contributed by atoms with Crippen LogP contribution in [0, 0.1) is 6.92 Å². The second kappa shape index (κ2) is 4.42. The van der Waals surface area contributed by atoms with Crippen LogP contribution < -0.4 is 5.73 Å². The Balaban J connectivity index is 1.94. The predicted octanol–water partition coefficient (Wildman–Crippen LogP) is 2.15. The van der Waals surface area contributed by atoms with E-state index < -0.39 is 0 Å². The lowest BCUT2D eigenvalue weighted by molar-refractivity contribution is 0.318. The molecule has 0 saturated heterocycles. The molecule has 0 aliphatic heterocycles. The van der Waals surface area contributed by atoms with E-state index in [1.165, 1.54) is 12.8 Å². The van der Waals surface area contributed by atoms with Crippen LogP contribution in [0.5, 0.6) is 0 Å². The first-order chi connectivity index (χ1) is 9.19. The van der Waals surface area contributed by atoms with Gasteiger partial charge in [-0.25, -0.2) is 4.68 Å². The zero-order chi connectivity index (χ0) is 13.4. The van der Waals surface area contributed by atoms with Crippen LogP contribution in [0.25, 0.3) is 5.69 Å². The number of amidine groups is 1. The topological polar surface area (TPSA) is 76.4 Å². The minimum atomic E-state index is 0.128. The monoisotopic (exact) mass is 256 g/mol. The van der Waals surface area contributed by atoms with Crippen molar-refractivity contribution in [2.75, 3.05) is 0 Å². The Hall–Kier alpha value is -2.30.